The number of ether oxygens (including phenoxy) is 2. The number of aryl methyl sites for hydroxylation is 1. The van der Waals surface area contributed by atoms with Gasteiger partial charge in [0, 0.05) is 25.7 Å². The smallest absolute Gasteiger partial charge is 0.315 e. The third-order valence-electron chi connectivity index (χ3n) is 3.38. The number of hydrogen-bond donors (Lipinski definition) is 0. The van der Waals surface area contributed by atoms with Gasteiger partial charge in [-0.1, -0.05) is 29.8 Å². The van der Waals surface area contributed by atoms with Crippen LogP contribution < -0.4 is 9.47 Å². The zero-order chi connectivity index (χ0) is 18.4. The van der Waals surface area contributed by atoms with Gasteiger partial charge in [0.05, 0.1) is 18.2 Å². The monoisotopic (exact) mass is 343 g/mol. The second-order valence-corrected chi connectivity index (χ2v) is 5.70. The number of nitrogens with zero attached hydrogens (tertiary/aromatic N) is 3. The SMILES string of the molecule is COc1cc(/C=N/N(C)C)cc([N+](=O)[O-])c1OCc1cccc(C)c1. The molecule has 0 amide bonds. The number of rotatable bonds is 7. The van der Waals surface area contributed by atoms with E-state index in [0.29, 0.717) is 11.3 Å². The molecule has 7 nitrogen and oxygen atoms in total. The molecule has 0 bridgehead atoms. The Kier molecular flexibility index (Phi) is 5.94. The third kappa shape index (κ3) is 4.94. The minimum Gasteiger partial charge on any atom is -0.493 e. The number of methoxy groups -OCH3 is 1. The zero-order valence-electron chi connectivity index (χ0n) is 14.7. The summed E-state index contributed by atoms with van der Waals surface area (Å²) >= 11 is 0. The van der Waals surface area contributed by atoms with Gasteiger partial charge in [-0.25, -0.2) is 0 Å². The highest BCUT2D eigenvalue weighted by atomic mass is 16.6. The van der Waals surface area contributed by atoms with Gasteiger partial charge < -0.3 is 14.5 Å². The predicted octanol–water partition coefficient (Wildman–Crippen LogP) is 3.39. The second-order valence-electron chi connectivity index (χ2n) is 5.70. The first-order valence-electron chi connectivity index (χ1n) is 7.66. The van der Waals surface area contributed by atoms with Crippen molar-refractivity contribution in [1.29, 1.82) is 0 Å². The van der Waals surface area contributed by atoms with E-state index in [9.17, 15) is 10.1 Å². The fourth-order valence-electron chi connectivity index (χ4n) is 2.25. The molecule has 2 aromatic carbocycles. The fraction of sp³-hybridized carbons (Fsp3) is 0.278. The Morgan fingerprint density at radius 2 is 2.04 bits per heavy atom. The van der Waals surface area contributed by atoms with Gasteiger partial charge in [-0.15, -0.1) is 0 Å². The van der Waals surface area contributed by atoms with Crippen LogP contribution in [0.1, 0.15) is 16.7 Å². The lowest BCUT2D eigenvalue weighted by Gasteiger charge is -2.12. The van der Waals surface area contributed by atoms with Gasteiger partial charge in [-0.3, -0.25) is 10.1 Å². The highest BCUT2D eigenvalue weighted by molar-refractivity contribution is 5.83. The lowest BCUT2D eigenvalue weighted by Crippen LogP contribution is -2.04. The van der Waals surface area contributed by atoms with Crippen molar-refractivity contribution in [3.8, 4) is 11.5 Å². The summed E-state index contributed by atoms with van der Waals surface area (Å²) in [6.45, 7) is 2.19. The number of benzene rings is 2. The molecule has 0 aliphatic carbocycles. The first-order valence-corrected chi connectivity index (χ1v) is 7.66. The standard InChI is InChI=1S/C18H21N3O4/c1-13-6-5-7-14(8-13)12-25-18-16(21(22)23)9-15(10-17(18)24-4)11-19-20(2)3/h5-11H,12H2,1-4H3/b19-11+. The molecular weight excluding hydrogens is 322 g/mol. The van der Waals surface area contributed by atoms with E-state index >= 15 is 0 Å². The van der Waals surface area contributed by atoms with Gasteiger partial charge in [-0.05, 0) is 18.6 Å². The highest BCUT2D eigenvalue weighted by Gasteiger charge is 2.22. The van der Waals surface area contributed by atoms with Gasteiger partial charge in [-0.2, -0.15) is 5.10 Å². The molecule has 7 heteroatoms. The molecule has 0 spiro atoms. The van der Waals surface area contributed by atoms with E-state index in [4.69, 9.17) is 9.47 Å². The summed E-state index contributed by atoms with van der Waals surface area (Å²) < 4.78 is 11.0. The molecule has 0 radical (unpaired) electrons. The lowest BCUT2D eigenvalue weighted by atomic mass is 10.1. The molecule has 0 aliphatic heterocycles. The van der Waals surface area contributed by atoms with Crippen LogP contribution in [0.3, 0.4) is 0 Å². The Hall–Kier alpha value is -3.09. The third-order valence-corrected chi connectivity index (χ3v) is 3.38. The second kappa shape index (κ2) is 8.14. The molecule has 0 unspecified atom stereocenters. The molecule has 0 saturated carbocycles. The molecule has 0 fully saturated rings. The van der Waals surface area contributed by atoms with Crippen LogP contribution in [-0.2, 0) is 6.61 Å². The number of nitro benzene ring substituents is 1. The van der Waals surface area contributed by atoms with Crippen LogP contribution in [0.25, 0.3) is 0 Å². The predicted molar refractivity (Wildman–Crippen MR) is 96.4 cm³/mol. The highest BCUT2D eigenvalue weighted by Crippen LogP contribution is 2.38. The van der Waals surface area contributed by atoms with Crippen molar-refractivity contribution in [2.75, 3.05) is 21.2 Å². The summed E-state index contributed by atoms with van der Waals surface area (Å²) in [5.41, 5.74) is 2.42. The van der Waals surface area contributed by atoms with Gasteiger partial charge >= 0.3 is 5.69 Å². The summed E-state index contributed by atoms with van der Waals surface area (Å²) in [5, 5.41) is 17.2. The van der Waals surface area contributed by atoms with Crippen molar-refractivity contribution in [1.82, 2.24) is 5.01 Å². The molecule has 2 aromatic rings. The Labute approximate surface area is 146 Å². The van der Waals surface area contributed by atoms with Crippen LogP contribution in [0.4, 0.5) is 5.69 Å². The van der Waals surface area contributed by atoms with Gasteiger partial charge in [0.25, 0.3) is 0 Å². The normalized spacial score (nSPS) is 10.7. The molecule has 0 heterocycles. The largest absolute Gasteiger partial charge is 0.493 e. The minimum absolute atomic E-state index is 0.107. The fourth-order valence-corrected chi connectivity index (χ4v) is 2.25. The van der Waals surface area contributed by atoms with E-state index in [-0.39, 0.29) is 18.0 Å². The summed E-state index contributed by atoms with van der Waals surface area (Å²) in [6, 6.07) is 10.8. The lowest BCUT2D eigenvalue weighted by molar-refractivity contribution is -0.386. The number of hydrogen-bond acceptors (Lipinski definition) is 6. The van der Waals surface area contributed by atoms with E-state index in [1.807, 2.05) is 31.2 Å². The summed E-state index contributed by atoms with van der Waals surface area (Å²) in [5.74, 6) is 0.401. The quantitative estimate of drug-likeness (QED) is 0.437. The Balaban J connectivity index is 2.36. The topological polar surface area (TPSA) is 77.2 Å². The summed E-state index contributed by atoms with van der Waals surface area (Å²) in [7, 11) is 4.98. The Bertz CT molecular complexity index is 788. The molecule has 0 N–H and O–H groups in total. The first kappa shape index (κ1) is 18.3. The van der Waals surface area contributed by atoms with Gasteiger partial charge in [0.15, 0.2) is 5.75 Å². The average molecular weight is 343 g/mol. The Morgan fingerprint density at radius 3 is 2.64 bits per heavy atom. The van der Waals surface area contributed by atoms with E-state index in [2.05, 4.69) is 5.10 Å². The minimum atomic E-state index is -0.485. The van der Waals surface area contributed by atoms with Crippen LogP contribution in [0.2, 0.25) is 0 Å². The Morgan fingerprint density at radius 1 is 1.28 bits per heavy atom. The van der Waals surface area contributed by atoms with E-state index < -0.39 is 4.92 Å². The molecule has 0 saturated heterocycles. The van der Waals surface area contributed by atoms with Crippen LogP contribution >= 0.6 is 0 Å². The van der Waals surface area contributed by atoms with Crippen molar-refractivity contribution in [2.45, 2.75) is 13.5 Å². The zero-order valence-corrected chi connectivity index (χ0v) is 14.7. The molecule has 0 aliphatic rings. The van der Waals surface area contributed by atoms with E-state index in [0.717, 1.165) is 11.1 Å². The average Bonchev–Trinajstić information content (AvgIpc) is 2.57. The molecule has 0 atom stereocenters. The number of hydrazone groups is 1. The van der Waals surface area contributed by atoms with Crippen LogP contribution in [0.15, 0.2) is 41.5 Å². The van der Waals surface area contributed by atoms with Crippen molar-refractivity contribution < 1.29 is 14.4 Å². The van der Waals surface area contributed by atoms with Crippen LogP contribution in [-0.4, -0.2) is 37.4 Å². The van der Waals surface area contributed by atoms with Crippen LogP contribution in [0.5, 0.6) is 11.5 Å². The van der Waals surface area contributed by atoms with Crippen molar-refractivity contribution in [2.24, 2.45) is 5.10 Å². The van der Waals surface area contributed by atoms with Gasteiger partial charge in [0.2, 0.25) is 5.75 Å². The maximum atomic E-state index is 11.5. The molecule has 2 rings (SSSR count). The van der Waals surface area contributed by atoms with Crippen molar-refractivity contribution in [3.63, 3.8) is 0 Å². The van der Waals surface area contributed by atoms with Gasteiger partial charge in [0.1, 0.15) is 6.61 Å². The summed E-state index contributed by atoms with van der Waals surface area (Å²) in [6.07, 6.45) is 1.53. The first-order chi connectivity index (χ1) is 11.9. The number of nitro groups is 1. The molecule has 25 heavy (non-hydrogen) atoms. The van der Waals surface area contributed by atoms with E-state index in [1.165, 1.54) is 19.4 Å². The maximum absolute atomic E-state index is 11.5. The van der Waals surface area contributed by atoms with Crippen LogP contribution in [0, 0.1) is 17.0 Å². The maximum Gasteiger partial charge on any atom is 0.315 e. The van der Waals surface area contributed by atoms with Crippen molar-refractivity contribution >= 4 is 11.9 Å². The molecule has 132 valence electrons. The summed E-state index contributed by atoms with van der Waals surface area (Å²) in [4.78, 5) is 11.0. The van der Waals surface area contributed by atoms with E-state index in [1.54, 1.807) is 25.2 Å². The molecule has 0 aromatic heterocycles. The molecular formula is C18H21N3O4. The van der Waals surface area contributed by atoms with Crippen molar-refractivity contribution in [3.05, 3.63) is 63.2 Å².